The van der Waals surface area contributed by atoms with Crippen molar-refractivity contribution in [2.24, 2.45) is 0 Å². The summed E-state index contributed by atoms with van der Waals surface area (Å²) in [6.07, 6.45) is 0.895. The van der Waals surface area contributed by atoms with E-state index in [9.17, 15) is 0 Å². The molecule has 2 nitrogen and oxygen atoms in total. The van der Waals surface area contributed by atoms with Gasteiger partial charge in [-0.15, -0.1) is 0 Å². The number of ether oxygens (including phenoxy) is 1. The van der Waals surface area contributed by atoms with Crippen molar-refractivity contribution in [2.75, 3.05) is 6.61 Å². The lowest BCUT2D eigenvalue weighted by Crippen LogP contribution is -2.43. The van der Waals surface area contributed by atoms with Crippen LogP contribution in [0.3, 0.4) is 0 Å². The van der Waals surface area contributed by atoms with Crippen LogP contribution in [0.15, 0.2) is 0 Å². The third-order valence-electron chi connectivity index (χ3n) is 1.31. The molecule has 0 aromatic heterocycles. The third kappa shape index (κ3) is 0.763. The average molecular weight is 102 g/mol. The van der Waals surface area contributed by atoms with E-state index in [1.165, 1.54) is 0 Å². The highest BCUT2D eigenvalue weighted by Crippen LogP contribution is 2.14. The molecular weight excluding hydrogens is 92.1 g/mol. The van der Waals surface area contributed by atoms with Gasteiger partial charge in [-0.05, 0) is 6.42 Å². The summed E-state index contributed by atoms with van der Waals surface area (Å²) in [5.74, 6) is 0. The summed E-state index contributed by atoms with van der Waals surface area (Å²) in [7, 11) is 0. The molecule has 1 N–H and O–H groups in total. The molecule has 0 radical (unpaired) electrons. The Kier molecular flexibility index (Phi) is 1.30. The zero-order chi connectivity index (χ0) is 5.28. The maximum atomic E-state index is 8.78. The van der Waals surface area contributed by atoms with Crippen molar-refractivity contribution >= 4 is 0 Å². The summed E-state index contributed by atoms with van der Waals surface area (Å²) in [5, 5.41) is 8.78. The van der Waals surface area contributed by atoms with Crippen molar-refractivity contribution in [2.45, 2.75) is 25.6 Å². The Labute approximate surface area is 43.1 Å². The Morgan fingerprint density at radius 1 is 1.86 bits per heavy atom. The summed E-state index contributed by atoms with van der Waals surface area (Å²) < 4.78 is 4.94. The zero-order valence-electron chi connectivity index (χ0n) is 4.42. The lowest BCUT2D eigenvalue weighted by Gasteiger charge is -2.31. The molecule has 0 bridgehead atoms. The van der Waals surface area contributed by atoms with E-state index in [2.05, 4.69) is 0 Å². The number of hydrogen-bond donors (Lipinski definition) is 1. The predicted molar refractivity (Wildman–Crippen MR) is 26.0 cm³/mol. The van der Waals surface area contributed by atoms with Crippen LogP contribution < -0.4 is 0 Å². The van der Waals surface area contributed by atoms with Crippen LogP contribution in [-0.4, -0.2) is 23.9 Å². The van der Waals surface area contributed by atoms with Crippen LogP contribution in [0.25, 0.3) is 0 Å². The van der Waals surface area contributed by atoms with Crippen molar-refractivity contribution in [1.29, 1.82) is 0 Å². The van der Waals surface area contributed by atoms with Crippen molar-refractivity contribution in [3.05, 3.63) is 0 Å². The first-order chi connectivity index (χ1) is 3.34. The van der Waals surface area contributed by atoms with Gasteiger partial charge in [0.05, 0.1) is 12.7 Å². The van der Waals surface area contributed by atoms with Gasteiger partial charge >= 0.3 is 0 Å². The van der Waals surface area contributed by atoms with E-state index in [4.69, 9.17) is 9.84 Å². The van der Waals surface area contributed by atoms with Gasteiger partial charge in [-0.2, -0.15) is 0 Å². The maximum Gasteiger partial charge on any atom is 0.103 e. The Bertz CT molecular complexity index is 61.1. The fraction of sp³-hybridized carbons (Fsp3) is 1.00. The highest BCUT2D eigenvalue weighted by molar-refractivity contribution is 4.75. The lowest BCUT2D eigenvalue weighted by molar-refractivity contribution is -0.162. The van der Waals surface area contributed by atoms with Crippen LogP contribution in [0.1, 0.15) is 13.3 Å². The molecule has 1 fully saturated rings. The van der Waals surface area contributed by atoms with Gasteiger partial charge in [0.25, 0.3) is 0 Å². The van der Waals surface area contributed by atoms with Crippen LogP contribution in [0, 0.1) is 0 Å². The highest BCUT2D eigenvalue weighted by atomic mass is 16.5. The van der Waals surface area contributed by atoms with Crippen molar-refractivity contribution in [3.63, 3.8) is 0 Å². The molecule has 1 rings (SSSR count). The molecule has 2 atom stereocenters. The SMILES string of the molecule is CCC1OCC1O. The third-order valence-corrected chi connectivity index (χ3v) is 1.31. The van der Waals surface area contributed by atoms with Crippen LogP contribution in [0.2, 0.25) is 0 Å². The molecule has 0 aliphatic carbocycles. The fourth-order valence-corrected chi connectivity index (χ4v) is 0.708. The number of aliphatic hydroxyl groups excluding tert-OH is 1. The fourth-order valence-electron chi connectivity index (χ4n) is 0.708. The standard InChI is InChI=1S/C5H10O2/c1-2-5-4(6)3-7-5/h4-6H,2-3H2,1H3. The Morgan fingerprint density at radius 2 is 2.57 bits per heavy atom. The first-order valence-electron chi connectivity index (χ1n) is 2.64. The zero-order valence-corrected chi connectivity index (χ0v) is 4.42. The van der Waals surface area contributed by atoms with Gasteiger partial charge in [0.15, 0.2) is 0 Å². The first-order valence-corrected chi connectivity index (χ1v) is 2.64. The van der Waals surface area contributed by atoms with Gasteiger partial charge in [0.1, 0.15) is 6.10 Å². The average Bonchev–Trinajstić information content (AvgIpc) is 1.65. The quantitative estimate of drug-likeness (QED) is 0.511. The minimum absolute atomic E-state index is 0.139. The molecule has 2 heteroatoms. The van der Waals surface area contributed by atoms with Gasteiger partial charge in [0, 0.05) is 0 Å². The molecule has 7 heavy (non-hydrogen) atoms. The molecule has 1 aliphatic rings. The topological polar surface area (TPSA) is 29.5 Å². The van der Waals surface area contributed by atoms with Gasteiger partial charge in [-0.1, -0.05) is 6.92 Å². The van der Waals surface area contributed by atoms with E-state index in [0.29, 0.717) is 6.61 Å². The molecule has 0 aromatic carbocycles. The van der Waals surface area contributed by atoms with E-state index >= 15 is 0 Å². The molecule has 1 saturated heterocycles. The Balaban J connectivity index is 2.16. The molecule has 0 amide bonds. The predicted octanol–water partition coefficient (Wildman–Crippen LogP) is 0.156. The van der Waals surface area contributed by atoms with Crippen LogP contribution >= 0.6 is 0 Å². The smallest absolute Gasteiger partial charge is 0.103 e. The molecule has 42 valence electrons. The van der Waals surface area contributed by atoms with Crippen LogP contribution in [0.5, 0.6) is 0 Å². The van der Waals surface area contributed by atoms with E-state index < -0.39 is 0 Å². The molecule has 0 saturated carbocycles. The minimum atomic E-state index is -0.176. The summed E-state index contributed by atoms with van der Waals surface area (Å²) in [6.45, 7) is 2.55. The van der Waals surface area contributed by atoms with Crippen LogP contribution in [0.4, 0.5) is 0 Å². The minimum Gasteiger partial charge on any atom is -0.388 e. The second-order valence-electron chi connectivity index (χ2n) is 1.85. The van der Waals surface area contributed by atoms with Crippen molar-refractivity contribution < 1.29 is 9.84 Å². The van der Waals surface area contributed by atoms with Gasteiger partial charge in [-0.3, -0.25) is 0 Å². The summed E-state index contributed by atoms with van der Waals surface area (Å²) in [4.78, 5) is 0. The number of rotatable bonds is 1. The molecule has 0 aromatic rings. The van der Waals surface area contributed by atoms with Crippen molar-refractivity contribution in [3.8, 4) is 0 Å². The van der Waals surface area contributed by atoms with E-state index in [1.54, 1.807) is 0 Å². The molecule has 1 aliphatic heterocycles. The maximum absolute atomic E-state index is 8.78. The molecule has 1 heterocycles. The van der Waals surface area contributed by atoms with Crippen LogP contribution in [-0.2, 0) is 4.74 Å². The van der Waals surface area contributed by atoms with E-state index in [0.717, 1.165) is 6.42 Å². The molecular formula is C5H10O2. The Morgan fingerprint density at radius 3 is 2.57 bits per heavy atom. The van der Waals surface area contributed by atoms with Gasteiger partial charge < -0.3 is 9.84 Å². The van der Waals surface area contributed by atoms with Gasteiger partial charge in [0.2, 0.25) is 0 Å². The van der Waals surface area contributed by atoms with Crippen molar-refractivity contribution in [1.82, 2.24) is 0 Å². The monoisotopic (exact) mass is 102 g/mol. The normalized spacial score (nSPS) is 40.3. The van der Waals surface area contributed by atoms with E-state index in [-0.39, 0.29) is 12.2 Å². The highest BCUT2D eigenvalue weighted by Gasteiger charge is 2.27. The van der Waals surface area contributed by atoms with E-state index in [1.807, 2.05) is 6.92 Å². The lowest BCUT2D eigenvalue weighted by atomic mass is 10.1. The first kappa shape index (κ1) is 5.06. The summed E-state index contributed by atoms with van der Waals surface area (Å²) in [6, 6.07) is 0. The second kappa shape index (κ2) is 1.80. The number of hydrogen-bond acceptors (Lipinski definition) is 2. The Hall–Kier alpha value is -0.0800. The summed E-state index contributed by atoms with van der Waals surface area (Å²) >= 11 is 0. The second-order valence-corrected chi connectivity index (χ2v) is 1.85. The summed E-state index contributed by atoms with van der Waals surface area (Å²) in [5.41, 5.74) is 0. The van der Waals surface area contributed by atoms with Gasteiger partial charge in [-0.25, -0.2) is 0 Å². The molecule has 2 unspecified atom stereocenters. The molecule has 0 spiro atoms. The largest absolute Gasteiger partial charge is 0.388 e. The number of aliphatic hydroxyl groups is 1.